The molecule has 0 aliphatic heterocycles. The fraction of sp³-hybridized carbons (Fsp3) is 0.278. The predicted octanol–water partition coefficient (Wildman–Crippen LogP) is 3.92. The minimum Gasteiger partial charge on any atom is -0.493 e. The van der Waals surface area contributed by atoms with Crippen molar-refractivity contribution in [1.82, 2.24) is 5.32 Å². The molecular formula is C18H21NO3S. The molecule has 23 heavy (non-hydrogen) atoms. The third-order valence-electron chi connectivity index (χ3n) is 3.61. The van der Waals surface area contributed by atoms with E-state index < -0.39 is 0 Å². The van der Waals surface area contributed by atoms with E-state index in [1.165, 1.54) is 12.0 Å². The van der Waals surface area contributed by atoms with Gasteiger partial charge in [-0.3, -0.25) is 4.79 Å². The average Bonchev–Trinajstić information content (AvgIpc) is 2.60. The normalized spacial score (nSPS) is 11.7. The molecule has 0 radical (unpaired) electrons. The number of nitrogens with one attached hydrogen (secondary N) is 1. The molecule has 0 spiro atoms. The van der Waals surface area contributed by atoms with Crippen molar-refractivity contribution in [2.45, 2.75) is 17.9 Å². The summed E-state index contributed by atoms with van der Waals surface area (Å²) in [5.41, 5.74) is 1.51. The Kier molecular flexibility index (Phi) is 5.93. The summed E-state index contributed by atoms with van der Waals surface area (Å²) >= 11 is 1.69. The van der Waals surface area contributed by atoms with Crippen molar-refractivity contribution >= 4 is 17.7 Å². The van der Waals surface area contributed by atoms with Crippen molar-refractivity contribution in [2.75, 3.05) is 20.5 Å². The van der Waals surface area contributed by atoms with Crippen molar-refractivity contribution in [3.63, 3.8) is 0 Å². The fourth-order valence-corrected chi connectivity index (χ4v) is 2.72. The number of carbonyl (C=O) groups is 1. The number of rotatable bonds is 6. The molecule has 0 bridgehead atoms. The van der Waals surface area contributed by atoms with Crippen molar-refractivity contribution in [1.29, 1.82) is 0 Å². The van der Waals surface area contributed by atoms with Gasteiger partial charge in [0, 0.05) is 4.90 Å². The summed E-state index contributed by atoms with van der Waals surface area (Å²) in [6.07, 6.45) is 2.04. The number of carbonyl (C=O) groups excluding carboxylic acids is 1. The van der Waals surface area contributed by atoms with Crippen LogP contribution in [-0.2, 0) is 0 Å². The lowest BCUT2D eigenvalue weighted by Crippen LogP contribution is -2.27. The van der Waals surface area contributed by atoms with Crippen LogP contribution in [0.3, 0.4) is 0 Å². The van der Waals surface area contributed by atoms with Crippen LogP contribution in [0.1, 0.15) is 28.9 Å². The average molecular weight is 331 g/mol. The van der Waals surface area contributed by atoms with Gasteiger partial charge in [-0.2, -0.15) is 0 Å². The summed E-state index contributed by atoms with van der Waals surface area (Å²) in [5, 5.41) is 2.99. The minimum absolute atomic E-state index is 0.102. The second kappa shape index (κ2) is 7.92. The summed E-state index contributed by atoms with van der Waals surface area (Å²) in [6.45, 7) is 1.96. The number of benzene rings is 2. The molecule has 0 fully saturated rings. The van der Waals surface area contributed by atoms with Gasteiger partial charge in [-0.25, -0.2) is 0 Å². The van der Waals surface area contributed by atoms with Crippen molar-refractivity contribution in [3.8, 4) is 11.5 Å². The summed E-state index contributed by atoms with van der Waals surface area (Å²) in [6, 6.07) is 13.3. The van der Waals surface area contributed by atoms with Crippen LogP contribution in [0.5, 0.6) is 11.5 Å². The molecule has 4 nitrogen and oxygen atoms in total. The maximum Gasteiger partial charge on any atom is 0.255 e. The van der Waals surface area contributed by atoms with E-state index in [-0.39, 0.29) is 11.9 Å². The molecule has 0 saturated heterocycles. The maximum atomic E-state index is 12.5. The number of ether oxygens (including phenoxy) is 2. The maximum absolute atomic E-state index is 12.5. The van der Waals surface area contributed by atoms with E-state index in [2.05, 4.69) is 17.4 Å². The molecule has 5 heteroatoms. The van der Waals surface area contributed by atoms with Crippen molar-refractivity contribution in [3.05, 3.63) is 53.6 Å². The quantitative estimate of drug-likeness (QED) is 0.815. The van der Waals surface area contributed by atoms with Crippen LogP contribution in [0.25, 0.3) is 0 Å². The van der Waals surface area contributed by atoms with E-state index in [1.54, 1.807) is 37.1 Å². The lowest BCUT2D eigenvalue weighted by atomic mass is 10.1. The smallest absolute Gasteiger partial charge is 0.255 e. The minimum atomic E-state index is -0.192. The molecule has 0 heterocycles. The van der Waals surface area contributed by atoms with Crippen molar-refractivity contribution in [2.24, 2.45) is 0 Å². The molecule has 0 saturated carbocycles. The first-order valence-electron chi connectivity index (χ1n) is 7.26. The van der Waals surface area contributed by atoms with Crippen LogP contribution < -0.4 is 14.8 Å². The van der Waals surface area contributed by atoms with Gasteiger partial charge in [0.05, 0.1) is 25.8 Å². The number of hydrogen-bond acceptors (Lipinski definition) is 4. The Hall–Kier alpha value is -2.14. The Balaban J connectivity index is 2.17. The summed E-state index contributed by atoms with van der Waals surface area (Å²) in [7, 11) is 3.08. The molecule has 1 unspecified atom stereocenters. The largest absolute Gasteiger partial charge is 0.493 e. The molecule has 0 aromatic heterocycles. The van der Waals surface area contributed by atoms with Gasteiger partial charge in [-0.15, -0.1) is 11.8 Å². The lowest BCUT2D eigenvalue weighted by Gasteiger charge is -2.17. The predicted molar refractivity (Wildman–Crippen MR) is 93.7 cm³/mol. The van der Waals surface area contributed by atoms with Crippen molar-refractivity contribution < 1.29 is 14.3 Å². The number of hydrogen-bond donors (Lipinski definition) is 1. The molecule has 0 aliphatic carbocycles. The zero-order chi connectivity index (χ0) is 16.8. The standard InChI is InChI=1S/C18H21NO3S/c1-12(13-8-10-14(23-4)11-9-13)19-18(20)15-6-5-7-16(21-2)17(15)22-3/h5-12H,1-4H3,(H,19,20). The van der Waals surface area contributed by atoms with Gasteiger partial charge in [-0.1, -0.05) is 18.2 Å². The Bertz CT molecular complexity index is 670. The van der Waals surface area contributed by atoms with E-state index in [0.29, 0.717) is 17.1 Å². The Morgan fingerprint density at radius 2 is 1.78 bits per heavy atom. The molecule has 0 aliphatic rings. The molecular weight excluding hydrogens is 310 g/mol. The number of para-hydroxylation sites is 1. The highest BCUT2D eigenvalue weighted by Crippen LogP contribution is 2.31. The van der Waals surface area contributed by atoms with Crippen LogP contribution in [0, 0.1) is 0 Å². The van der Waals surface area contributed by atoms with Crippen LogP contribution in [0.2, 0.25) is 0 Å². The summed E-state index contributed by atoms with van der Waals surface area (Å²) in [5.74, 6) is 0.789. The lowest BCUT2D eigenvalue weighted by molar-refractivity contribution is 0.0936. The Labute approximate surface area is 141 Å². The third-order valence-corrected chi connectivity index (χ3v) is 4.35. The van der Waals surface area contributed by atoms with Crippen LogP contribution in [0.15, 0.2) is 47.4 Å². The second-order valence-electron chi connectivity index (χ2n) is 5.01. The molecule has 1 amide bonds. The van der Waals surface area contributed by atoms with Gasteiger partial charge in [0.15, 0.2) is 11.5 Å². The topological polar surface area (TPSA) is 47.6 Å². The summed E-state index contributed by atoms with van der Waals surface area (Å²) in [4.78, 5) is 13.7. The Morgan fingerprint density at radius 1 is 1.09 bits per heavy atom. The van der Waals surface area contributed by atoms with Crippen LogP contribution in [-0.4, -0.2) is 26.4 Å². The van der Waals surface area contributed by atoms with Crippen LogP contribution in [0.4, 0.5) is 0 Å². The molecule has 2 rings (SSSR count). The van der Waals surface area contributed by atoms with Gasteiger partial charge < -0.3 is 14.8 Å². The first kappa shape index (κ1) is 17.2. The highest BCUT2D eigenvalue weighted by atomic mass is 32.2. The molecule has 122 valence electrons. The van der Waals surface area contributed by atoms with Gasteiger partial charge in [0.2, 0.25) is 0 Å². The van der Waals surface area contributed by atoms with E-state index in [0.717, 1.165) is 5.56 Å². The van der Waals surface area contributed by atoms with Gasteiger partial charge in [-0.05, 0) is 43.0 Å². The van der Waals surface area contributed by atoms with Gasteiger partial charge in [0.1, 0.15) is 0 Å². The Morgan fingerprint density at radius 3 is 2.35 bits per heavy atom. The summed E-state index contributed by atoms with van der Waals surface area (Å²) < 4.78 is 10.6. The fourth-order valence-electron chi connectivity index (χ4n) is 2.32. The van der Waals surface area contributed by atoms with E-state index in [4.69, 9.17) is 9.47 Å². The molecule has 1 N–H and O–H groups in total. The van der Waals surface area contributed by atoms with Gasteiger partial charge in [0.25, 0.3) is 5.91 Å². The first-order valence-corrected chi connectivity index (χ1v) is 8.49. The zero-order valence-electron chi connectivity index (χ0n) is 13.8. The second-order valence-corrected chi connectivity index (χ2v) is 5.89. The number of thioether (sulfide) groups is 1. The molecule has 1 atom stereocenters. The SMILES string of the molecule is COc1cccc(C(=O)NC(C)c2ccc(SC)cc2)c1OC. The highest BCUT2D eigenvalue weighted by molar-refractivity contribution is 7.98. The highest BCUT2D eigenvalue weighted by Gasteiger charge is 2.18. The molecule has 2 aromatic carbocycles. The monoisotopic (exact) mass is 331 g/mol. The first-order chi connectivity index (χ1) is 11.1. The third kappa shape index (κ3) is 3.99. The van der Waals surface area contributed by atoms with E-state index >= 15 is 0 Å². The molecule has 2 aromatic rings. The van der Waals surface area contributed by atoms with Gasteiger partial charge >= 0.3 is 0 Å². The number of amides is 1. The van der Waals surface area contributed by atoms with E-state index in [1.807, 2.05) is 25.3 Å². The zero-order valence-corrected chi connectivity index (χ0v) is 14.6. The van der Waals surface area contributed by atoms with Crippen LogP contribution >= 0.6 is 11.8 Å². The van der Waals surface area contributed by atoms with E-state index in [9.17, 15) is 4.79 Å². The number of methoxy groups -OCH3 is 2.